The van der Waals surface area contributed by atoms with Gasteiger partial charge >= 0.3 is 0 Å². The van der Waals surface area contributed by atoms with Crippen LogP contribution < -0.4 is 16.7 Å². The predicted octanol–water partition coefficient (Wildman–Crippen LogP) is 2.01. The van der Waals surface area contributed by atoms with Gasteiger partial charge in [0.1, 0.15) is 0 Å². The molecule has 0 fully saturated rings. The summed E-state index contributed by atoms with van der Waals surface area (Å²) in [5.74, 6) is 0.384. The molecule has 23 heavy (non-hydrogen) atoms. The highest BCUT2D eigenvalue weighted by Crippen LogP contribution is 2.20. The highest BCUT2D eigenvalue weighted by atomic mass is 35.5. The Kier molecular flexibility index (Phi) is 3.94. The quantitative estimate of drug-likeness (QED) is 0.566. The third-order valence-electron chi connectivity index (χ3n) is 3.29. The first-order chi connectivity index (χ1) is 11.0. The molecule has 0 spiro atoms. The lowest BCUT2D eigenvalue weighted by Crippen LogP contribution is -2.21. The Morgan fingerprint density at radius 1 is 1.35 bits per heavy atom. The van der Waals surface area contributed by atoms with Crippen molar-refractivity contribution in [3.8, 4) is 0 Å². The van der Waals surface area contributed by atoms with Crippen molar-refractivity contribution >= 4 is 40.5 Å². The van der Waals surface area contributed by atoms with Crippen molar-refractivity contribution in [1.29, 1.82) is 0 Å². The van der Waals surface area contributed by atoms with Gasteiger partial charge in [0.25, 0.3) is 5.56 Å². The van der Waals surface area contributed by atoms with Crippen LogP contribution in [0, 0.1) is 0 Å². The third kappa shape index (κ3) is 3.14. The number of hydrazone groups is 1. The monoisotopic (exact) mass is 328 g/mol. The van der Waals surface area contributed by atoms with E-state index < -0.39 is 0 Å². The van der Waals surface area contributed by atoms with Crippen LogP contribution in [-0.4, -0.2) is 20.7 Å². The van der Waals surface area contributed by atoms with Gasteiger partial charge < -0.3 is 5.73 Å². The van der Waals surface area contributed by atoms with Crippen molar-refractivity contribution in [2.45, 2.75) is 0 Å². The summed E-state index contributed by atoms with van der Waals surface area (Å²) in [6.07, 6.45) is 3.29. The minimum absolute atomic E-state index is 0.108. The number of hydrogen-bond acceptors (Lipinski definition) is 6. The number of rotatable bonds is 3. The fourth-order valence-electron chi connectivity index (χ4n) is 2.03. The summed E-state index contributed by atoms with van der Waals surface area (Å²) in [6.45, 7) is 0. The van der Waals surface area contributed by atoms with E-state index in [1.165, 1.54) is 10.6 Å². The number of aromatic nitrogens is 3. The molecule has 3 N–H and O–H groups in total. The number of pyridine rings is 1. The van der Waals surface area contributed by atoms with E-state index in [2.05, 4.69) is 20.5 Å². The molecule has 0 bridgehead atoms. The molecule has 0 radical (unpaired) electrons. The first kappa shape index (κ1) is 15.0. The Labute approximate surface area is 136 Å². The number of anilines is 2. The number of nitrogens with two attached hydrogens (primary N) is 1. The molecule has 0 saturated carbocycles. The SMILES string of the molecule is Cn1c(N)nc(NN=Cc2ccnc3ccc(Cl)cc23)cc1=O. The van der Waals surface area contributed by atoms with Gasteiger partial charge in [0.2, 0.25) is 5.95 Å². The van der Waals surface area contributed by atoms with Gasteiger partial charge in [0, 0.05) is 35.3 Å². The molecule has 2 heterocycles. The predicted molar refractivity (Wildman–Crippen MR) is 91.9 cm³/mol. The largest absolute Gasteiger partial charge is 0.369 e. The van der Waals surface area contributed by atoms with Gasteiger partial charge in [0.15, 0.2) is 5.82 Å². The highest BCUT2D eigenvalue weighted by molar-refractivity contribution is 6.31. The van der Waals surface area contributed by atoms with Crippen LogP contribution in [0.5, 0.6) is 0 Å². The lowest BCUT2D eigenvalue weighted by molar-refractivity contribution is 0.844. The number of hydrogen-bond donors (Lipinski definition) is 2. The van der Waals surface area contributed by atoms with Gasteiger partial charge in [-0.05, 0) is 24.3 Å². The smallest absolute Gasteiger partial charge is 0.256 e. The van der Waals surface area contributed by atoms with Gasteiger partial charge in [0.05, 0.1) is 11.7 Å². The van der Waals surface area contributed by atoms with Crippen LogP contribution in [0.2, 0.25) is 5.02 Å². The van der Waals surface area contributed by atoms with E-state index in [1.807, 2.05) is 18.2 Å². The molecule has 116 valence electrons. The zero-order valence-electron chi connectivity index (χ0n) is 12.2. The van der Waals surface area contributed by atoms with E-state index in [1.54, 1.807) is 25.5 Å². The topological polar surface area (TPSA) is 98.2 Å². The first-order valence-electron chi connectivity index (χ1n) is 6.71. The van der Waals surface area contributed by atoms with Crippen LogP contribution in [0.25, 0.3) is 10.9 Å². The van der Waals surface area contributed by atoms with Crippen LogP contribution in [0.3, 0.4) is 0 Å². The first-order valence-corrected chi connectivity index (χ1v) is 7.09. The molecule has 0 aliphatic carbocycles. The zero-order chi connectivity index (χ0) is 16.4. The van der Waals surface area contributed by atoms with E-state index in [-0.39, 0.29) is 17.3 Å². The number of benzene rings is 1. The van der Waals surface area contributed by atoms with Crippen LogP contribution >= 0.6 is 11.6 Å². The number of halogens is 1. The molecule has 1 aromatic carbocycles. The molecule has 0 unspecified atom stereocenters. The molecular formula is C15H13ClN6O. The molecule has 0 amide bonds. The van der Waals surface area contributed by atoms with Crippen molar-refractivity contribution in [2.75, 3.05) is 11.2 Å². The third-order valence-corrected chi connectivity index (χ3v) is 3.52. The van der Waals surface area contributed by atoms with E-state index in [0.717, 1.165) is 16.5 Å². The van der Waals surface area contributed by atoms with Crippen LogP contribution in [0.1, 0.15) is 5.56 Å². The van der Waals surface area contributed by atoms with Crippen molar-refractivity contribution in [1.82, 2.24) is 14.5 Å². The van der Waals surface area contributed by atoms with E-state index >= 15 is 0 Å². The molecule has 7 nitrogen and oxygen atoms in total. The molecule has 0 saturated heterocycles. The maximum absolute atomic E-state index is 11.6. The molecule has 0 atom stereocenters. The van der Waals surface area contributed by atoms with Gasteiger partial charge in [-0.2, -0.15) is 10.1 Å². The van der Waals surface area contributed by atoms with Gasteiger partial charge in [-0.3, -0.25) is 19.8 Å². The molecule has 2 aromatic heterocycles. The Hall–Kier alpha value is -2.93. The average Bonchev–Trinajstić information content (AvgIpc) is 2.53. The van der Waals surface area contributed by atoms with Crippen LogP contribution in [-0.2, 0) is 7.05 Å². The van der Waals surface area contributed by atoms with Crippen LogP contribution in [0.15, 0.2) is 46.4 Å². The summed E-state index contributed by atoms with van der Waals surface area (Å²) in [5, 5.41) is 5.59. The van der Waals surface area contributed by atoms with Gasteiger partial charge in [-0.15, -0.1) is 0 Å². The molecule has 0 aliphatic rings. The Bertz CT molecular complexity index is 966. The number of nitrogens with one attached hydrogen (secondary N) is 1. The molecule has 3 aromatic rings. The second kappa shape index (κ2) is 6.05. The Balaban J connectivity index is 1.89. The summed E-state index contributed by atoms with van der Waals surface area (Å²) in [6, 6.07) is 8.57. The fraction of sp³-hybridized carbons (Fsp3) is 0.0667. The average molecular weight is 329 g/mol. The number of nitrogen functional groups attached to an aromatic ring is 1. The minimum Gasteiger partial charge on any atom is -0.369 e. The summed E-state index contributed by atoms with van der Waals surface area (Å²) in [5.41, 5.74) is 9.71. The zero-order valence-corrected chi connectivity index (χ0v) is 12.9. The lowest BCUT2D eigenvalue weighted by Gasteiger charge is -2.05. The number of fused-ring (bicyclic) bond motifs is 1. The van der Waals surface area contributed by atoms with Crippen molar-refractivity contribution in [3.63, 3.8) is 0 Å². The standard InChI is InChI=1S/C15H13ClN6O/c1-22-14(23)7-13(20-15(22)17)21-19-8-9-4-5-18-12-3-2-10(16)6-11(9)12/h2-8,21H,1H3,(H2,17,20). The summed E-state index contributed by atoms with van der Waals surface area (Å²) < 4.78 is 1.24. The minimum atomic E-state index is -0.267. The fourth-order valence-corrected chi connectivity index (χ4v) is 2.21. The van der Waals surface area contributed by atoms with Crippen LogP contribution in [0.4, 0.5) is 11.8 Å². The molecule has 8 heteroatoms. The van der Waals surface area contributed by atoms with E-state index in [4.69, 9.17) is 17.3 Å². The Morgan fingerprint density at radius 2 is 2.17 bits per heavy atom. The summed E-state index contributed by atoms with van der Waals surface area (Å²) in [4.78, 5) is 19.9. The van der Waals surface area contributed by atoms with Crippen molar-refractivity contribution in [2.24, 2.45) is 12.1 Å². The summed E-state index contributed by atoms with van der Waals surface area (Å²) in [7, 11) is 1.55. The van der Waals surface area contributed by atoms with E-state index in [0.29, 0.717) is 5.02 Å². The second-order valence-electron chi connectivity index (χ2n) is 4.83. The molecule has 0 aliphatic heterocycles. The normalized spacial score (nSPS) is 11.2. The second-order valence-corrected chi connectivity index (χ2v) is 5.26. The molecular weight excluding hydrogens is 316 g/mol. The van der Waals surface area contributed by atoms with Gasteiger partial charge in [-0.25, -0.2) is 0 Å². The van der Waals surface area contributed by atoms with Crippen molar-refractivity contribution in [3.05, 3.63) is 57.5 Å². The maximum Gasteiger partial charge on any atom is 0.256 e. The highest BCUT2D eigenvalue weighted by Gasteiger charge is 2.02. The van der Waals surface area contributed by atoms with Crippen molar-refractivity contribution < 1.29 is 0 Å². The van der Waals surface area contributed by atoms with E-state index in [9.17, 15) is 4.79 Å². The summed E-state index contributed by atoms with van der Waals surface area (Å²) >= 11 is 6.02. The van der Waals surface area contributed by atoms with Gasteiger partial charge in [-0.1, -0.05) is 11.6 Å². The molecule has 3 rings (SSSR count). The lowest BCUT2D eigenvalue weighted by atomic mass is 10.1. The Morgan fingerprint density at radius 3 is 2.96 bits per heavy atom. The maximum atomic E-state index is 11.6. The number of nitrogens with zero attached hydrogens (tertiary/aromatic N) is 4.